The second-order valence-electron chi connectivity index (χ2n) is 4.55. The molecule has 0 saturated heterocycles. The summed E-state index contributed by atoms with van der Waals surface area (Å²) in [6.45, 7) is 3.63. The van der Waals surface area contributed by atoms with Crippen molar-refractivity contribution in [1.29, 1.82) is 0 Å². The van der Waals surface area contributed by atoms with Gasteiger partial charge < -0.3 is 4.90 Å². The van der Waals surface area contributed by atoms with Crippen molar-refractivity contribution >= 4 is 27.5 Å². The van der Waals surface area contributed by atoms with Crippen molar-refractivity contribution in [3.05, 3.63) is 57.6 Å². The van der Waals surface area contributed by atoms with Gasteiger partial charge in [-0.1, -0.05) is 15.9 Å². The molecule has 0 bridgehead atoms. The van der Waals surface area contributed by atoms with Crippen molar-refractivity contribution in [2.75, 3.05) is 11.9 Å². The van der Waals surface area contributed by atoms with E-state index < -0.39 is 5.82 Å². The topological polar surface area (TPSA) is 33.2 Å². The van der Waals surface area contributed by atoms with Crippen LogP contribution in [0.1, 0.15) is 21.7 Å². The molecule has 1 amide bonds. The molecule has 104 valence electrons. The molecule has 0 aliphatic rings. The average Bonchev–Trinajstić information content (AvgIpc) is 2.37. The molecule has 20 heavy (non-hydrogen) atoms. The summed E-state index contributed by atoms with van der Waals surface area (Å²) in [7, 11) is 1.55. The highest BCUT2D eigenvalue weighted by molar-refractivity contribution is 9.10. The van der Waals surface area contributed by atoms with E-state index in [1.54, 1.807) is 38.2 Å². The Morgan fingerprint density at radius 3 is 2.55 bits per heavy atom. The predicted molar refractivity (Wildman–Crippen MR) is 80.5 cm³/mol. The molecule has 3 nitrogen and oxygen atoms in total. The maximum Gasteiger partial charge on any atom is 0.259 e. The predicted octanol–water partition coefficient (Wildman–Crippen LogP) is 3.88. The molecule has 2 rings (SSSR count). The van der Waals surface area contributed by atoms with Gasteiger partial charge in [0.15, 0.2) is 0 Å². The van der Waals surface area contributed by atoms with E-state index in [1.807, 2.05) is 6.92 Å². The van der Waals surface area contributed by atoms with E-state index >= 15 is 0 Å². The van der Waals surface area contributed by atoms with Gasteiger partial charge in [-0.3, -0.25) is 9.78 Å². The lowest BCUT2D eigenvalue weighted by molar-refractivity contribution is 0.0991. The normalized spacial score (nSPS) is 10.4. The second kappa shape index (κ2) is 5.71. The summed E-state index contributed by atoms with van der Waals surface area (Å²) in [5, 5.41) is 0. The van der Waals surface area contributed by atoms with Crippen LogP contribution in [0.3, 0.4) is 0 Å². The van der Waals surface area contributed by atoms with Gasteiger partial charge in [0.25, 0.3) is 5.91 Å². The standard InChI is InChI=1S/C15H14BrFN2O/c1-9-4-6-12(10(2)18-9)15(20)19(3)14-7-5-11(16)8-13(14)17/h4-8H,1-3H3. The Labute approximate surface area is 125 Å². The zero-order valence-corrected chi connectivity index (χ0v) is 13.0. The van der Waals surface area contributed by atoms with E-state index in [0.717, 1.165) is 5.69 Å². The van der Waals surface area contributed by atoms with Gasteiger partial charge in [0.05, 0.1) is 16.9 Å². The molecule has 1 heterocycles. The fourth-order valence-electron chi connectivity index (χ4n) is 1.96. The number of amides is 1. The number of nitrogens with zero attached hydrogens (tertiary/aromatic N) is 2. The summed E-state index contributed by atoms with van der Waals surface area (Å²) in [4.78, 5) is 18.0. The number of aryl methyl sites for hydroxylation is 2. The summed E-state index contributed by atoms with van der Waals surface area (Å²) >= 11 is 3.19. The minimum Gasteiger partial charge on any atom is -0.309 e. The van der Waals surface area contributed by atoms with Gasteiger partial charge in [0.2, 0.25) is 0 Å². The summed E-state index contributed by atoms with van der Waals surface area (Å²) in [6.07, 6.45) is 0. The van der Waals surface area contributed by atoms with Crippen LogP contribution in [-0.4, -0.2) is 17.9 Å². The summed E-state index contributed by atoms with van der Waals surface area (Å²) in [5.41, 5.74) is 2.19. The number of carbonyl (C=O) groups is 1. The Kier molecular flexibility index (Phi) is 4.18. The molecule has 2 aromatic rings. The van der Waals surface area contributed by atoms with E-state index in [0.29, 0.717) is 15.7 Å². The van der Waals surface area contributed by atoms with Crippen molar-refractivity contribution in [2.45, 2.75) is 13.8 Å². The molecule has 0 atom stereocenters. The number of anilines is 1. The Balaban J connectivity index is 2.37. The first-order valence-corrected chi connectivity index (χ1v) is 6.87. The number of aromatic nitrogens is 1. The van der Waals surface area contributed by atoms with Crippen LogP contribution >= 0.6 is 15.9 Å². The highest BCUT2D eigenvalue weighted by Gasteiger charge is 2.19. The number of halogens is 2. The lowest BCUT2D eigenvalue weighted by Crippen LogP contribution is -2.28. The highest BCUT2D eigenvalue weighted by Crippen LogP contribution is 2.24. The van der Waals surface area contributed by atoms with Crippen LogP contribution in [0, 0.1) is 19.7 Å². The van der Waals surface area contributed by atoms with E-state index in [-0.39, 0.29) is 11.6 Å². The number of hydrogen-bond donors (Lipinski definition) is 0. The first-order chi connectivity index (χ1) is 9.40. The summed E-state index contributed by atoms with van der Waals surface area (Å²) in [6, 6.07) is 8.08. The van der Waals surface area contributed by atoms with Gasteiger partial charge >= 0.3 is 0 Å². The molecular weight excluding hydrogens is 323 g/mol. The van der Waals surface area contributed by atoms with Crippen molar-refractivity contribution in [2.24, 2.45) is 0 Å². The molecule has 0 fully saturated rings. The Morgan fingerprint density at radius 1 is 1.25 bits per heavy atom. The molecular formula is C15H14BrFN2O. The lowest BCUT2D eigenvalue weighted by Gasteiger charge is -2.19. The maximum atomic E-state index is 13.9. The summed E-state index contributed by atoms with van der Waals surface area (Å²) < 4.78 is 14.5. The highest BCUT2D eigenvalue weighted by atomic mass is 79.9. The first kappa shape index (κ1) is 14.7. The summed E-state index contributed by atoms with van der Waals surface area (Å²) in [5.74, 6) is -0.732. The van der Waals surface area contributed by atoms with Crippen LogP contribution in [0.2, 0.25) is 0 Å². The van der Waals surface area contributed by atoms with Gasteiger partial charge in [0.1, 0.15) is 5.82 Å². The zero-order valence-electron chi connectivity index (χ0n) is 11.4. The van der Waals surface area contributed by atoms with Gasteiger partial charge in [-0.15, -0.1) is 0 Å². The largest absolute Gasteiger partial charge is 0.309 e. The molecule has 0 radical (unpaired) electrons. The monoisotopic (exact) mass is 336 g/mol. The maximum absolute atomic E-state index is 13.9. The van der Waals surface area contributed by atoms with Crippen LogP contribution in [0.4, 0.5) is 10.1 Å². The van der Waals surface area contributed by atoms with Crippen molar-refractivity contribution in [1.82, 2.24) is 4.98 Å². The SMILES string of the molecule is Cc1ccc(C(=O)N(C)c2ccc(Br)cc2F)c(C)n1. The number of carbonyl (C=O) groups excluding carboxylic acids is 1. The van der Waals surface area contributed by atoms with Gasteiger partial charge in [-0.05, 0) is 44.2 Å². The number of rotatable bonds is 2. The molecule has 0 aliphatic carbocycles. The van der Waals surface area contributed by atoms with Crippen molar-refractivity contribution in [3.8, 4) is 0 Å². The van der Waals surface area contributed by atoms with E-state index in [4.69, 9.17) is 0 Å². The third-order valence-corrected chi connectivity index (χ3v) is 3.52. The molecule has 0 aliphatic heterocycles. The molecule has 5 heteroatoms. The van der Waals surface area contributed by atoms with Crippen molar-refractivity contribution in [3.63, 3.8) is 0 Å². The molecule has 0 unspecified atom stereocenters. The van der Waals surface area contributed by atoms with E-state index in [2.05, 4.69) is 20.9 Å². The smallest absolute Gasteiger partial charge is 0.259 e. The third-order valence-electron chi connectivity index (χ3n) is 3.03. The molecule has 0 saturated carbocycles. The first-order valence-electron chi connectivity index (χ1n) is 6.07. The van der Waals surface area contributed by atoms with Crippen LogP contribution in [-0.2, 0) is 0 Å². The van der Waals surface area contributed by atoms with E-state index in [1.165, 1.54) is 11.0 Å². The number of benzene rings is 1. The Hall–Kier alpha value is -1.75. The number of pyridine rings is 1. The number of hydrogen-bond acceptors (Lipinski definition) is 2. The van der Waals surface area contributed by atoms with Gasteiger partial charge in [-0.25, -0.2) is 4.39 Å². The Bertz CT molecular complexity index is 673. The molecule has 0 spiro atoms. The lowest BCUT2D eigenvalue weighted by atomic mass is 10.1. The van der Waals surface area contributed by atoms with Gasteiger partial charge in [0, 0.05) is 17.2 Å². The van der Waals surface area contributed by atoms with Gasteiger partial charge in [-0.2, -0.15) is 0 Å². The minimum absolute atomic E-state index is 0.234. The zero-order chi connectivity index (χ0) is 14.9. The van der Waals surface area contributed by atoms with Crippen LogP contribution in [0.15, 0.2) is 34.8 Å². The van der Waals surface area contributed by atoms with E-state index in [9.17, 15) is 9.18 Å². The molecule has 1 aromatic heterocycles. The fourth-order valence-corrected chi connectivity index (χ4v) is 2.29. The molecule has 0 N–H and O–H groups in total. The van der Waals surface area contributed by atoms with Crippen LogP contribution in [0.25, 0.3) is 0 Å². The minimum atomic E-state index is -0.451. The van der Waals surface area contributed by atoms with Crippen LogP contribution in [0.5, 0.6) is 0 Å². The Morgan fingerprint density at radius 2 is 1.95 bits per heavy atom. The fraction of sp³-hybridized carbons (Fsp3) is 0.200. The average molecular weight is 337 g/mol. The van der Waals surface area contributed by atoms with Crippen LogP contribution < -0.4 is 4.90 Å². The third kappa shape index (κ3) is 2.88. The second-order valence-corrected chi connectivity index (χ2v) is 5.46. The van der Waals surface area contributed by atoms with Crippen molar-refractivity contribution < 1.29 is 9.18 Å². The quantitative estimate of drug-likeness (QED) is 0.833. The molecule has 1 aromatic carbocycles.